The van der Waals surface area contributed by atoms with Crippen molar-refractivity contribution in [2.75, 3.05) is 5.75 Å². The largest absolute Gasteiger partial charge is 0.392 e. The SMILES string of the molecule is CCCC1CCC(NS(=O)(=O)CC(N)=S)CC1. The molecule has 4 nitrogen and oxygen atoms in total. The van der Waals surface area contributed by atoms with Crippen molar-refractivity contribution in [3.63, 3.8) is 0 Å². The van der Waals surface area contributed by atoms with Gasteiger partial charge < -0.3 is 5.73 Å². The first-order chi connectivity index (χ1) is 7.93. The van der Waals surface area contributed by atoms with Crippen LogP contribution < -0.4 is 10.5 Å². The Bertz CT molecular complexity index is 346. The molecular formula is C11H22N2O2S2. The van der Waals surface area contributed by atoms with E-state index in [1.54, 1.807) is 0 Å². The lowest BCUT2D eigenvalue weighted by Crippen LogP contribution is -2.41. The number of nitrogens with two attached hydrogens (primary N) is 1. The molecule has 0 bridgehead atoms. The Morgan fingerprint density at radius 2 is 1.94 bits per heavy atom. The number of sulfonamides is 1. The Hall–Kier alpha value is -0.200. The van der Waals surface area contributed by atoms with Crippen LogP contribution in [0.15, 0.2) is 0 Å². The maximum absolute atomic E-state index is 11.6. The van der Waals surface area contributed by atoms with Gasteiger partial charge >= 0.3 is 0 Å². The molecule has 17 heavy (non-hydrogen) atoms. The summed E-state index contributed by atoms with van der Waals surface area (Å²) in [7, 11) is -3.33. The van der Waals surface area contributed by atoms with Gasteiger partial charge in [0.05, 0.1) is 4.99 Å². The molecule has 0 unspecified atom stereocenters. The standard InChI is InChI=1S/C11H22N2O2S2/c1-2-3-9-4-6-10(7-5-9)13-17(14,15)8-11(12)16/h9-10,13H,2-8H2,1H3,(H2,12,16). The summed E-state index contributed by atoms with van der Waals surface area (Å²) in [6.45, 7) is 2.19. The average molecular weight is 278 g/mol. The van der Waals surface area contributed by atoms with Crippen molar-refractivity contribution in [2.45, 2.75) is 51.5 Å². The van der Waals surface area contributed by atoms with Crippen LogP contribution in [0.25, 0.3) is 0 Å². The van der Waals surface area contributed by atoms with E-state index in [-0.39, 0.29) is 16.8 Å². The van der Waals surface area contributed by atoms with Crippen LogP contribution in [0.5, 0.6) is 0 Å². The number of thiocarbonyl (C=S) groups is 1. The topological polar surface area (TPSA) is 72.2 Å². The van der Waals surface area contributed by atoms with Crippen molar-refractivity contribution < 1.29 is 8.42 Å². The summed E-state index contributed by atoms with van der Waals surface area (Å²) in [5.41, 5.74) is 5.26. The van der Waals surface area contributed by atoms with Crippen molar-refractivity contribution in [3.05, 3.63) is 0 Å². The minimum absolute atomic E-state index is 0.0252. The summed E-state index contributed by atoms with van der Waals surface area (Å²) in [6, 6.07) is 0.0717. The molecule has 0 aliphatic heterocycles. The van der Waals surface area contributed by atoms with E-state index in [0.717, 1.165) is 31.6 Å². The average Bonchev–Trinajstić information content (AvgIpc) is 2.18. The van der Waals surface area contributed by atoms with Crippen LogP contribution in [-0.4, -0.2) is 25.2 Å². The molecule has 0 aromatic carbocycles. The van der Waals surface area contributed by atoms with E-state index in [0.29, 0.717) is 0 Å². The highest BCUT2D eigenvalue weighted by Gasteiger charge is 2.24. The van der Waals surface area contributed by atoms with E-state index in [1.165, 1.54) is 12.8 Å². The molecular weight excluding hydrogens is 256 g/mol. The normalized spacial score (nSPS) is 25.7. The third-order valence-electron chi connectivity index (χ3n) is 3.22. The molecule has 0 heterocycles. The molecule has 0 radical (unpaired) electrons. The van der Waals surface area contributed by atoms with Crippen LogP contribution in [0, 0.1) is 5.92 Å². The summed E-state index contributed by atoms with van der Waals surface area (Å²) < 4.78 is 26.0. The van der Waals surface area contributed by atoms with Crippen molar-refractivity contribution in [1.29, 1.82) is 0 Å². The highest BCUT2D eigenvalue weighted by Crippen LogP contribution is 2.27. The van der Waals surface area contributed by atoms with Gasteiger partial charge in [-0.15, -0.1) is 0 Å². The highest BCUT2D eigenvalue weighted by atomic mass is 32.2. The van der Waals surface area contributed by atoms with Gasteiger partial charge in [0.2, 0.25) is 10.0 Å². The van der Waals surface area contributed by atoms with E-state index >= 15 is 0 Å². The van der Waals surface area contributed by atoms with Crippen molar-refractivity contribution in [1.82, 2.24) is 4.72 Å². The fourth-order valence-electron chi connectivity index (χ4n) is 2.46. The first-order valence-electron chi connectivity index (χ1n) is 6.21. The lowest BCUT2D eigenvalue weighted by Gasteiger charge is -2.28. The molecule has 1 aliphatic rings. The first kappa shape index (κ1) is 14.9. The van der Waals surface area contributed by atoms with Crippen LogP contribution in [0.2, 0.25) is 0 Å². The smallest absolute Gasteiger partial charge is 0.218 e. The number of nitrogens with one attached hydrogen (secondary N) is 1. The molecule has 0 amide bonds. The van der Waals surface area contributed by atoms with Gasteiger partial charge in [0.1, 0.15) is 5.75 Å². The number of hydrogen-bond acceptors (Lipinski definition) is 3. The van der Waals surface area contributed by atoms with E-state index in [9.17, 15) is 8.42 Å². The number of rotatable bonds is 6. The van der Waals surface area contributed by atoms with Gasteiger partial charge in [0.15, 0.2) is 0 Å². The van der Waals surface area contributed by atoms with E-state index in [1.807, 2.05) is 0 Å². The number of hydrogen-bond donors (Lipinski definition) is 2. The third-order valence-corrected chi connectivity index (χ3v) is 4.93. The zero-order valence-corrected chi connectivity index (χ0v) is 11.9. The maximum atomic E-state index is 11.6. The van der Waals surface area contributed by atoms with Crippen molar-refractivity contribution in [2.24, 2.45) is 11.7 Å². The van der Waals surface area contributed by atoms with E-state index < -0.39 is 10.0 Å². The summed E-state index contributed by atoms with van der Waals surface area (Å²) in [4.78, 5) is 0.0252. The third kappa shape index (κ3) is 5.79. The van der Waals surface area contributed by atoms with Gasteiger partial charge in [-0.1, -0.05) is 32.0 Å². The monoisotopic (exact) mass is 278 g/mol. The Morgan fingerprint density at radius 1 is 1.35 bits per heavy atom. The molecule has 0 aromatic heterocycles. The fourth-order valence-corrected chi connectivity index (χ4v) is 4.13. The highest BCUT2D eigenvalue weighted by molar-refractivity contribution is 7.92. The van der Waals surface area contributed by atoms with Crippen LogP contribution in [0.4, 0.5) is 0 Å². The zero-order chi connectivity index (χ0) is 12.9. The molecule has 3 N–H and O–H groups in total. The Balaban J connectivity index is 2.37. The van der Waals surface area contributed by atoms with Crippen LogP contribution in [0.1, 0.15) is 45.4 Å². The Labute approximate surface area is 109 Å². The summed E-state index contributed by atoms with van der Waals surface area (Å²) >= 11 is 4.62. The predicted molar refractivity (Wildman–Crippen MR) is 74.4 cm³/mol. The molecule has 0 atom stereocenters. The summed E-state index contributed by atoms with van der Waals surface area (Å²) in [5, 5.41) is 0. The Kier molecular flexibility index (Phi) is 5.82. The van der Waals surface area contributed by atoms with Crippen LogP contribution >= 0.6 is 12.2 Å². The second-order valence-corrected chi connectivity index (χ2v) is 7.13. The summed E-state index contributed by atoms with van der Waals surface area (Å²) in [5.74, 6) is 0.536. The maximum Gasteiger partial charge on any atom is 0.218 e. The van der Waals surface area contributed by atoms with Crippen molar-refractivity contribution in [3.8, 4) is 0 Å². The lowest BCUT2D eigenvalue weighted by atomic mass is 9.84. The molecule has 6 heteroatoms. The fraction of sp³-hybridized carbons (Fsp3) is 0.909. The molecule has 0 aromatic rings. The lowest BCUT2D eigenvalue weighted by molar-refractivity contribution is 0.297. The second-order valence-electron chi connectivity index (χ2n) is 4.85. The predicted octanol–water partition coefficient (Wildman–Crippen LogP) is 1.55. The molecule has 0 spiro atoms. The van der Waals surface area contributed by atoms with Gasteiger partial charge in [0.25, 0.3) is 0 Å². The van der Waals surface area contributed by atoms with Gasteiger partial charge in [-0.25, -0.2) is 13.1 Å². The van der Waals surface area contributed by atoms with Gasteiger partial charge in [-0.3, -0.25) is 0 Å². The van der Waals surface area contributed by atoms with Crippen LogP contribution in [0.3, 0.4) is 0 Å². The Morgan fingerprint density at radius 3 is 2.41 bits per heavy atom. The van der Waals surface area contributed by atoms with Gasteiger partial charge in [0, 0.05) is 6.04 Å². The van der Waals surface area contributed by atoms with Gasteiger partial charge in [-0.2, -0.15) is 0 Å². The molecule has 0 saturated heterocycles. The molecule has 1 fully saturated rings. The molecule has 1 aliphatic carbocycles. The second kappa shape index (κ2) is 6.66. The minimum atomic E-state index is -3.33. The molecule has 1 saturated carbocycles. The van der Waals surface area contributed by atoms with Gasteiger partial charge in [-0.05, 0) is 31.6 Å². The first-order valence-corrected chi connectivity index (χ1v) is 8.27. The molecule has 100 valence electrons. The quantitative estimate of drug-likeness (QED) is 0.723. The molecule has 1 rings (SSSR count). The van der Waals surface area contributed by atoms with E-state index in [2.05, 4.69) is 23.9 Å². The minimum Gasteiger partial charge on any atom is -0.392 e. The summed E-state index contributed by atoms with van der Waals surface area (Å²) in [6.07, 6.45) is 6.57. The van der Waals surface area contributed by atoms with Crippen molar-refractivity contribution >= 4 is 27.2 Å². The van der Waals surface area contributed by atoms with Crippen LogP contribution in [-0.2, 0) is 10.0 Å². The van der Waals surface area contributed by atoms with E-state index in [4.69, 9.17) is 5.73 Å². The zero-order valence-electron chi connectivity index (χ0n) is 10.3.